The zero-order valence-corrected chi connectivity index (χ0v) is 19.5. The number of rotatable bonds is 7. The van der Waals surface area contributed by atoms with Crippen LogP contribution in [0, 0.1) is 11.3 Å². The van der Waals surface area contributed by atoms with Crippen molar-refractivity contribution in [2.24, 2.45) is 0 Å². The van der Waals surface area contributed by atoms with E-state index in [1.807, 2.05) is 6.07 Å². The number of halogens is 2. The molecular formula is C26H17Cl2N3O4. The molecule has 1 amide bonds. The number of carbonyl (C=O) groups is 2. The number of nitrogens with one attached hydrogen (secondary N) is 1. The van der Waals surface area contributed by atoms with Gasteiger partial charge in [0.2, 0.25) is 0 Å². The van der Waals surface area contributed by atoms with Gasteiger partial charge in [-0.25, -0.2) is 0 Å². The van der Waals surface area contributed by atoms with Gasteiger partial charge in [-0.2, -0.15) is 5.26 Å². The summed E-state index contributed by atoms with van der Waals surface area (Å²) >= 11 is 12.1. The predicted molar refractivity (Wildman–Crippen MR) is 135 cm³/mol. The minimum atomic E-state index is -1.00. The molecule has 4 aromatic rings. The number of carboxylic acids is 1. The molecule has 9 heteroatoms. The number of hydrogen-bond donors (Lipinski definition) is 2. The summed E-state index contributed by atoms with van der Waals surface area (Å²) in [4.78, 5) is 24.2. The summed E-state index contributed by atoms with van der Waals surface area (Å²) in [7, 11) is 0. The topological polar surface area (TPSA) is 104 Å². The summed E-state index contributed by atoms with van der Waals surface area (Å²) in [5, 5.41) is 23.1. The summed E-state index contributed by atoms with van der Waals surface area (Å²) in [6.45, 7) is -0.250. The number of hydrogen-bond acceptors (Lipinski definition) is 4. The van der Waals surface area contributed by atoms with E-state index in [1.54, 1.807) is 71.4 Å². The fourth-order valence-corrected chi connectivity index (χ4v) is 3.94. The van der Waals surface area contributed by atoms with Gasteiger partial charge in [0.25, 0.3) is 5.91 Å². The van der Waals surface area contributed by atoms with Crippen LogP contribution in [0.1, 0.15) is 5.56 Å². The molecule has 7 nitrogen and oxygen atoms in total. The molecule has 0 bridgehead atoms. The average molecular weight is 506 g/mol. The fourth-order valence-electron chi connectivity index (χ4n) is 3.50. The van der Waals surface area contributed by atoms with E-state index in [0.29, 0.717) is 38.3 Å². The second-order valence-electron chi connectivity index (χ2n) is 7.42. The maximum absolute atomic E-state index is 13.0. The van der Waals surface area contributed by atoms with Crippen LogP contribution in [0.4, 0.5) is 5.69 Å². The summed E-state index contributed by atoms with van der Waals surface area (Å²) in [5.41, 5.74) is 1.39. The molecule has 0 aliphatic rings. The largest absolute Gasteiger partial charge is 0.480 e. The molecule has 0 aliphatic heterocycles. The van der Waals surface area contributed by atoms with E-state index in [1.165, 1.54) is 12.1 Å². The summed E-state index contributed by atoms with van der Waals surface area (Å²) in [5.74, 6) is -0.988. The fraction of sp³-hybridized carbons (Fsp3) is 0.0385. The highest BCUT2D eigenvalue weighted by molar-refractivity contribution is 6.35. The number of ether oxygens (including phenoxy) is 1. The van der Waals surface area contributed by atoms with Crippen LogP contribution in [0.2, 0.25) is 10.0 Å². The van der Waals surface area contributed by atoms with E-state index in [2.05, 4.69) is 5.32 Å². The highest BCUT2D eigenvalue weighted by Crippen LogP contribution is 2.35. The number of nitrogens with zero attached hydrogens (tertiary/aromatic N) is 2. The minimum absolute atomic E-state index is 0.164. The van der Waals surface area contributed by atoms with Gasteiger partial charge < -0.3 is 19.7 Å². The van der Waals surface area contributed by atoms with Gasteiger partial charge in [-0.3, -0.25) is 9.59 Å². The molecule has 2 N–H and O–H groups in total. The van der Waals surface area contributed by atoms with Crippen molar-refractivity contribution in [3.8, 4) is 17.6 Å². The monoisotopic (exact) mass is 505 g/mol. The molecule has 0 spiro atoms. The summed E-state index contributed by atoms with van der Waals surface area (Å²) < 4.78 is 7.41. The lowest BCUT2D eigenvalue weighted by Gasteiger charge is -2.13. The molecule has 35 heavy (non-hydrogen) atoms. The highest BCUT2D eigenvalue weighted by Gasteiger charge is 2.16. The second-order valence-corrected chi connectivity index (χ2v) is 8.26. The van der Waals surface area contributed by atoms with Crippen molar-refractivity contribution in [1.29, 1.82) is 5.26 Å². The van der Waals surface area contributed by atoms with E-state index >= 15 is 0 Å². The van der Waals surface area contributed by atoms with Crippen molar-refractivity contribution in [1.82, 2.24) is 4.57 Å². The lowest BCUT2D eigenvalue weighted by molar-refractivity contribution is -0.137. The Morgan fingerprint density at radius 3 is 2.54 bits per heavy atom. The van der Waals surface area contributed by atoms with Gasteiger partial charge in [0.1, 0.15) is 23.9 Å². The van der Waals surface area contributed by atoms with Crippen molar-refractivity contribution < 1.29 is 19.4 Å². The molecule has 0 radical (unpaired) electrons. The van der Waals surface area contributed by atoms with Gasteiger partial charge in [-0.15, -0.1) is 0 Å². The van der Waals surface area contributed by atoms with E-state index in [-0.39, 0.29) is 12.1 Å². The Bertz CT molecular complexity index is 1520. The van der Waals surface area contributed by atoms with Crippen molar-refractivity contribution in [2.45, 2.75) is 6.54 Å². The third-order valence-corrected chi connectivity index (χ3v) is 5.57. The van der Waals surface area contributed by atoms with E-state index in [0.717, 1.165) is 5.39 Å². The number of nitriles is 1. The molecule has 1 heterocycles. The zero-order chi connectivity index (χ0) is 24.9. The normalized spacial score (nSPS) is 11.2. The van der Waals surface area contributed by atoms with Crippen LogP contribution in [0.5, 0.6) is 11.5 Å². The van der Waals surface area contributed by atoms with Crippen LogP contribution in [0.25, 0.3) is 17.0 Å². The maximum Gasteiger partial charge on any atom is 0.323 e. The number of amides is 1. The van der Waals surface area contributed by atoms with Crippen molar-refractivity contribution >= 4 is 57.7 Å². The standard InChI is InChI=1S/C26H17Cl2N3O4/c27-18-9-10-23(20(28)12-18)35-24-8-4-2-6-21(24)30-26(34)16(13-29)11-17-14-31(15-25(32)33)22-7-3-1-5-19(17)22/h1-12,14H,15H2,(H,30,34)(H,32,33). The van der Waals surface area contributed by atoms with Gasteiger partial charge in [0.05, 0.1) is 10.7 Å². The van der Waals surface area contributed by atoms with Crippen molar-refractivity contribution in [3.05, 3.63) is 94.1 Å². The smallest absolute Gasteiger partial charge is 0.323 e. The molecule has 174 valence electrons. The maximum atomic E-state index is 13.0. The van der Waals surface area contributed by atoms with E-state index < -0.39 is 11.9 Å². The first-order chi connectivity index (χ1) is 16.9. The first-order valence-corrected chi connectivity index (χ1v) is 11.1. The molecule has 1 aromatic heterocycles. The quantitative estimate of drug-likeness (QED) is 0.224. The number of benzene rings is 3. The molecule has 0 saturated heterocycles. The molecule has 0 unspecified atom stereocenters. The molecule has 0 aliphatic carbocycles. The van der Waals surface area contributed by atoms with Gasteiger partial charge in [-0.1, -0.05) is 53.5 Å². The number of para-hydroxylation sites is 3. The van der Waals surface area contributed by atoms with Gasteiger partial charge in [0, 0.05) is 27.7 Å². The number of aromatic nitrogens is 1. The van der Waals surface area contributed by atoms with Gasteiger partial charge in [-0.05, 0) is 42.5 Å². The SMILES string of the molecule is N#CC(=Cc1cn(CC(=O)O)c2ccccc12)C(=O)Nc1ccccc1Oc1ccc(Cl)cc1Cl. The number of carboxylic acid groups (broad SMARTS) is 1. The van der Waals surface area contributed by atoms with Crippen LogP contribution in [0.15, 0.2) is 78.5 Å². The number of aliphatic carboxylic acids is 1. The Hall–Kier alpha value is -4.25. The lowest BCUT2D eigenvalue weighted by atomic mass is 10.1. The third-order valence-electron chi connectivity index (χ3n) is 5.04. The Morgan fingerprint density at radius 1 is 1.06 bits per heavy atom. The van der Waals surface area contributed by atoms with Gasteiger partial charge in [0.15, 0.2) is 5.75 Å². The molecule has 0 saturated carbocycles. The number of anilines is 1. The third kappa shape index (κ3) is 5.46. The molecule has 0 atom stereocenters. The lowest BCUT2D eigenvalue weighted by Crippen LogP contribution is -2.14. The Balaban J connectivity index is 1.63. The minimum Gasteiger partial charge on any atom is -0.480 e. The highest BCUT2D eigenvalue weighted by atomic mass is 35.5. The first-order valence-electron chi connectivity index (χ1n) is 10.3. The first kappa shape index (κ1) is 23.9. The number of carbonyl (C=O) groups excluding carboxylic acids is 1. The molecule has 3 aromatic carbocycles. The second kappa shape index (κ2) is 10.3. The Morgan fingerprint density at radius 2 is 1.80 bits per heavy atom. The predicted octanol–water partition coefficient (Wildman–Crippen LogP) is 6.37. The van der Waals surface area contributed by atoms with Gasteiger partial charge >= 0.3 is 5.97 Å². The van der Waals surface area contributed by atoms with Crippen molar-refractivity contribution in [2.75, 3.05) is 5.32 Å². The zero-order valence-electron chi connectivity index (χ0n) is 18.0. The Labute approximate surface area is 210 Å². The molecule has 0 fully saturated rings. The van der Waals surface area contributed by atoms with Crippen LogP contribution >= 0.6 is 23.2 Å². The summed E-state index contributed by atoms with van der Waals surface area (Å²) in [6, 6.07) is 20.6. The van der Waals surface area contributed by atoms with Crippen molar-refractivity contribution in [3.63, 3.8) is 0 Å². The number of fused-ring (bicyclic) bond motifs is 1. The summed E-state index contributed by atoms with van der Waals surface area (Å²) in [6.07, 6.45) is 3.03. The van der Waals surface area contributed by atoms with Crippen LogP contribution in [0.3, 0.4) is 0 Å². The molecular weight excluding hydrogens is 489 g/mol. The molecule has 4 rings (SSSR count). The Kier molecular flexibility index (Phi) is 7.06. The van der Waals surface area contributed by atoms with Crippen LogP contribution in [-0.4, -0.2) is 21.6 Å². The van der Waals surface area contributed by atoms with E-state index in [4.69, 9.17) is 27.9 Å². The van der Waals surface area contributed by atoms with Crippen LogP contribution in [-0.2, 0) is 16.1 Å². The van der Waals surface area contributed by atoms with E-state index in [9.17, 15) is 20.0 Å². The average Bonchev–Trinajstić information content (AvgIpc) is 3.17. The van der Waals surface area contributed by atoms with Crippen LogP contribution < -0.4 is 10.1 Å².